The number of piperazine rings is 1. The number of carbonyl (C=O) groups is 1. The maximum atomic E-state index is 11.5. The van der Waals surface area contributed by atoms with E-state index in [0.717, 1.165) is 50.6 Å². The molecule has 1 saturated heterocycles. The predicted molar refractivity (Wildman–Crippen MR) is 87.1 cm³/mol. The quantitative estimate of drug-likeness (QED) is 0.798. The van der Waals surface area contributed by atoms with Gasteiger partial charge in [0.05, 0.1) is 0 Å². The van der Waals surface area contributed by atoms with Crippen LogP contribution in [-0.4, -0.2) is 43.9 Å². The van der Waals surface area contributed by atoms with Crippen molar-refractivity contribution < 1.29 is 4.79 Å². The van der Waals surface area contributed by atoms with E-state index in [4.69, 9.17) is 11.6 Å². The Morgan fingerprint density at radius 1 is 1.05 bits per heavy atom. The van der Waals surface area contributed by atoms with Gasteiger partial charge in [-0.25, -0.2) is 0 Å². The number of halogens is 1. The lowest BCUT2D eigenvalue weighted by molar-refractivity contribution is -0.117. The summed E-state index contributed by atoms with van der Waals surface area (Å²) in [5.74, 6) is 0. The second kappa shape index (κ2) is 6.37. The normalized spacial score (nSPS) is 22.4. The van der Waals surface area contributed by atoms with Crippen molar-refractivity contribution in [3.63, 3.8) is 0 Å². The molecular weight excluding hydrogens is 284 g/mol. The lowest BCUT2D eigenvalue weighted by atomic mass is 9.87. The maximum absolute atomic E-state index is 11.5. The minimum absolute atomic E-state index is 0.0531. The van der Waals surface area contributed by atoms with Crippen molar-refractivity contribution in [2.24, 2.45) is 5.41 Å². The van der Waals surface area contributed by atoms with Crippen molar-refractivity contribution in [1.29, 1.82) is 0 Å². The van der Waals surface area contributed by atoms with Crippen molar-refractivity contribution in [2.75, 3.05) is 37.6 Å². The van der Waals surface area contributed by atoms with Gasteiger partial charge in [0, 0.05) is 48.8 Å². The van der Waals surface area contributed by atoms with Gasteiger partial charge in [0.2, 0.25) is 0 Å². The van der Waals surface area contributed by atoms with Gasteiger partial charge in [0.1, 0.15) is 6.29 Å². The van der Waals surface area contributed by atoms with Gasteiger partial charge < -0.3 is 9.69 Å². The Bertz CT molecular complexity index is 474. The molecule has 1 aromatic carbocycles. The molecule has 0 spiro atoms. The van der Waals surface area contributed by atoms with Crippen LogP contribution in [0.15, 0.2) is 24.3 Å². The number of hydrogen-bond donors (Lipinski definition) is 0. The molecule has 3 rings (SSSR count). The molecule has 2 aliphatic rings. The number of benzene rings is 1. The molecule has 0 atom stereocenters. The maximum Gasteiger partial charge on any atom is 0.127 e. The molecular formula is C17H23ClN2O. The molecule has 1 aliphatic heterocycles. The minimum Gasteiger partial charge on any atom is -0.369 e. The van der Waals surface area contributed by atoms with E-state index in [-0.39, 0.29) is 5.41 Å². The molecule has 0 amide bonds. The first-order valence-corrected chi connectivity index (χ1v) is 8.28. The Balaban J connectivity index is 1.55. The molecule has 114 valence electrons. The van der Waals surface area contributed by atoms with E-state index in [1.165, 1.54) is 24.8 Å². The van der Waals surface area contributed by atoms with E-state index in [2.05, 4.69) is 21.9 Å². The second-order valence-electron chi connectivity index (χ2n) is 6.43. The van der Waals surface area contributed by atoms with E-state index < -0.39 is 0 Å². The molecule has 2 fully saturated rings. The first-order chi connectivity index (χ1) is 10.2. The lowest BCUT2D eigenvalue weighted by Gasteiger charge is -2.39. The van der Waals surface area contributed by atoms with Crippen LogP contribution in [0.1, 0.15) is 25.7 Å². The standard InChI is InChI=1S/C17H23ClN2O/c18-15-3-5-16(6-4-15)20-11-9-19(10-12-20)13-17(14-21)7-1-2-8-17/h3-6,14H,1-2,7-13H2. The van der Waals surface area contributed by atoms with Crippen LogP contribution >= 0.6 is 11.6 Å². The van der Waals surface area contributed by atoms with Gasteiger partial charge in [-0.05, 0) is 37.1 Å². The molecule has 1 heterocycles. The molecule has 0 N–H and O–H groups in total. The van der Waals surface area contributed by atoms with Crippen molar-refractivity contribution in [2.45, 2.75) is 25.7 Å². The van der Waals surface area contributed by atoms with Crippen LogP contribution in [-0.2, 0) is 4.79 Å². The number of hydrogen-bond acceptors (Lipinski definition) is 3. The van der Waals surface area contributed by atoms with Crippen molar-refractivity contribution >= 4 is 23.6 Å². The number of rotatable bonds is 4. The summed E-state index contributed by atoms with van der Waals surface area (Å²) in [7, 11) is 0. The summed E-state index contributed by atoms with van der Waals surface area (Å²) in [6, 6.07) is 8.07. The van der Waals surface area contributed by atoms with E-state index >= 15 is 0 Å². The van der Waals surface area contributed by atoms with Crippen molar-refractivity contribution in [3.8, 4) is 0 Å². The third-order valence-electron chi connectivity index (χ3n) is 4.95. The second-order valence-corrected chi connectivity index (χ2v) is 6.86. The van der Waals surface area contributed by atoms with E-state index in [0.29, 0.717) is 0 Å². The first kappa shape index (κ1) is 14.9. The zero-order chi connectivity index (χ0) is 14.7. The summed E-state index contributed by atoms with van der Waals surface area (Å²) >= 11 is 5.94. The summed E-state index contributed by atoms with van der Waals surface area (Å²) in [6.45, 7) is 5.08. The molecule has 4 heteroatoms. The highest BCUT2D eigenvalue weighted by molar-refractivity contribution is 6.30. The fraction of sp³-hybridized carbons (Fsp3) is 0.588. The molecule has 0 bridgehead atoms. The Kier molecular flexibility index (Phi) is 4.51. The fourth-order valence-corrected chi connectivity index (χ4v) is 3.78. The van der Waals surface area contributed by atoms with Crippen LogP contribution in [0.4, 0.5) is 5.69 Å². The van der Waals surface area contributed by atoms with Gasteiger partial charge in [0.15, 0.2) is 0 Å². The molecule has 1 aromatic rings. The largest absolute Gasteiger partial charge is 0.369 e. The smallest absolute Gasteiger partial charge is 0.127 e. The van der Waals surface area contributed by atoms with Crippen LogP contribution in [0.3, 0.4) is 0 Å². The molecule has 0 aromatic heterocycles. The topological polar surface area (TPSA) is 23.6 Å². The minimum atomic E-state index is -0.0531. The number of anilines is 1. The van der Waals surface area contributed by atoms with Gasteiger partial charge in [-0.2, -0.15) is 0 Å². The predicted octanol–water partition coefficient (Wildman–Crippen LogP) is 3.22. The van der Waals surface area contributed by atoms with Gasteiger partial charge in [-0.1, -0.05) is 24.4 Å². The lowest BCUT2D eigenvalue weighted by Crippen LogP contribution is -2.49. The molecule has 1 saturated carbocycles. The Labute approximate surface area is 131 Å². The Morgan fingerprint density at radius 2 is 1.67 bits per heavy atom. The monoisotopic (exact) mass is 306 g/mol. The Hall–Kier alpha value is -1.06. The van der Waals surface area contributed by atoms with Crippen LogP contribution in [0, 0.1) is 5.41 Å². The molecule has 3 nitrogen and oxygen atoms in total. The van der Waals surface area contributed by atoms with Crippen LogP contribution < -0.4 is 4.90 Å². The fourth-order valence-electron chi connectivity index (χ4n) is 3.65. The summed E-state index contributed by atoms with van der Waals surface area (Å²) in [4.78, 5) is 16.3. The summed E-state index contributed by atoms with van der Waals surface area (Å²) in [6.07, 6.45) is 5.81. The van der Waals surface area contributed by atoms with Crippen molar-refractivity contribution in [3.05, 3.63) is 29.3 Å². The van der Waals surface area contributed by atoms with Crippen LogP contribution in [0.2, 0.25) is 5.02 Å². The van der Waals surface area contributed by atoms with Gasteiger partial charge in [0.25, 0.3) is 0 Å². The van der Waals surface area contributed by atoms with Gasteiger partial charge >= 0.3 is 0 Å². The molecule has 21 heavy (non-hydrogen) atoms. The van der Waals surface area contributed by atoms with Crippen LogP contribution in [0.5, 0.6) is 0 Å². The zero-order valence-electron chi connectivity index (χ0n) is 12.4. The highest BCUT2D eigenvalue weighted by Gasteiger charge is 2.35. The summed E-state index contributed by atoms with van der Waals surface area (Å²) in [5.41, 5.74) is 1.19. The number of nitrogens with zero attached hydrogens (tertiary/aromatic N) is 2. The SMILES string of the molecule is O=CC1(CN2CCN(c3ccc(Cl)cc3)CC2)CCCC1. The third-order valence-corrected chi connectivity index (χ3v) is 5.20. The third kappa shape index (κ3) is 3.41. The number of carbonyl (C=O) groups excluding carboxylic acids is 1. The summed E-state index contributed by atoms with van der Waals surface area (Å²) in [5, 5.41) is 0.784. The molecule has 0 unspecified atom stereocenters. The number of aldehydes is 1. The van der Waals surface area contributed by atoms with E-state index in [9.17, 15) is 4.79 Å². The average Bonchev–Trinajstić information content (AvgIpc) is 2.98. The zero-order valence-corrected chi connectivity index (χ0v) is 13.2. The average molecular weight is 307 g/mol. The van der Waals surface area contributed by atoms with Crippen LogP contribution in [0.25, 0.3) is 0 Å². The van der Waals surface area contributed by atoms with E-state index in [1.54, 1.807) is 0 Å². The Morgan fingerprint density at radius 3 is 2.24 bits per heavy atom. The van der Waals surface area contributed by atoms with E-state index in [1.807, 2.05) is 12.1 Å². The first-order valence-electron chi connectivity index (χ1n) is 7.90. The summed E-state index contributed by atoms with van der Waals surface area (Å²) < 4.78 is 0. The van der Waals surface area contributed by atoms with Gasteiger partial charge in [-0.3, -0.25) is 4.90 Å². The molecule has 1 aliphatic carbocycles. The van der Waals surface area contributed by atoms with Crippen molar-refractivity contribution in [1.82, 2.24) is 4.90 Å². The molecule has 0 radical (unpaired) electrons. The van der Waals surface area contributed by atoms with Gasteiger partial charge in [-0.15, -0.1) is 0 Å². The highest BCUT2D eigenvalue weighted by atomic mass is 35.5. The highest BCUT2D eigenvalue weighted by Crippen LogP contribution is 2.37.